The Morgan fingerprint density at radius 3 is 2.12 bits per heavy atom. The number of hydrogen-bond donors (Lipinski definition) is 3. The van der Waals surface area contributed by atoms with Gasteiger partial charge in [0.2, 0.25) is 0 Å². The molecule has 1 saturated heterocycles. The van der Waals surface area contributed by atoms with Crippen molar-refractivity contribution in [3.63, 3.8) is 0 Å². The van der Waals surface area contributed by atoms with Crippen molar-refractivity contribution in [2.45, 2.75) is 6.42 Å². The highest BCUT2D eigenvalue weighted by Crippen LogP contribution is 2.25. The summed E-state index contributed by atoms with van der Waals surface area (Å²) >= 11 is 0. The summed E-state index contributed by atoms with van der Waals surface area (Å²) in [5, 5.41) is 5.36. The first-order chi connectivity index (χ1) is 3.71. The molecule has 1 rings (SSSR count). The first-order valence-corrected chi connectivity index (χ1v) is 4.37. The van der Waals surface area contributed by atoms with Crippen LogP contribution in [0.4, 0.5) is 0 Å². The van der Waals surface area contributed by atoms with E-state index in [4.69, 9.17) is 5.50 Å². The lowest BCUT2D eigenvalue weighted by atomic mass is 10.4. The van der Waals surface area contributed by atoms with Crippen molar-refractivity contribution < 1.29 is 4.57 Å². The van der Waals surface area contributed by atoms with Crippen molar-refractivity contribution in [2.75, 3.05) is 13.1 Å². The van der Waals surface area contributed by atoms with Crippen LogP contribution < -0.4 is 15.7 Å². The molecule has 1 heterocycles. The van der Waals surface area contributed by atoms with Gasteiger partial charge in [-0.2, -0.15) is 0 Å². The molecule has 0 radical (unpaired) electrons. The van der Waals surface area contributed by atoms with Gasteiger partial charge in [0.05, 0.1) is 0 Å². The maximum atomic E-state index is 10.8. The van der Waals surface area contributed by atoms with E-state index in [1.165, 1.54) is 0 Å². The standard InChI is InChI=1S/C3H10N3OP/c4-8(7)5-2-1-3-6-8/h1-3H2,(H4,4,5,6,7). The van der Waals surface area contributed by atoms with Crippen LogP contribution in [-0.2, 0) is 4.57 Å². The molecule has 5 heteroatoms. The van der Waals surface area contributed by atoms with Crippen LogP contribution in [0.15, 0.2) is 0 Å². The van der Waals surface area contributed by atoms with Gasteiger partial charge in [0.25, 0.3) is 7.59 Å². The molecular weight excluding hydrogens is 125 g/mol. The summed E-state index contributed by atoms with van der Waals surface area (Å²) < 4.78 is 10.8. The monoisotopic (exact) mass is 135 g/mol. The maximum absolute atomic E-state index is 10.8. The Morgan fingerprint density at radius 2 is 1.88 bits per heavy atom. The predicted octanol–water partition coefficient (Wildman–Crippen LogP) is -0.364. The Labute approximate surface area is 48.4 Å². The summed E-state index contributed by atoms with van der Waals surface area (Å²) in [4.78, 5) is 0. The number of rotatable bonds is 0. The molecule has 0 aliphatic carbocycles. The second kappa shape index (κ2) is 2.15. The Kier molecular flexibility index (Phi) is 1.68. The molecular formula is C3H10N3OP. The zero-order chi connectivity index (χ0) is 6.04. The van der Waals surface area contributed by atoms with E-state index in [1.807, 2.05) is 0 Å². The Balaban J connectivity index is 2.45. The highest BCUT2D eigenvalue weighted by molar-refractivity contribution is 7.57. The van der Waals surface area contributed by atoms with Gasteiger partial charge in [0, 0.05) is 13.1 Å². The fraction of sp³-hybridized carbons (Fsp3) is 1.00. The molecule has 0 unspecified atom stereocenters. The average molecular weight is 135 g/mol. The Morgan fingerprint density at radius 1 is 1.38 bits per heavy atom. The second-order valence-corrected chi connectivity index (χ2v) is 3.78. The third-order valence-corrected chi connectivity index (χ3v) is 2.43. The van der Waals surface area contributed by atoms with Gasteiger partial charge in [-0.15, -0.1) is 0 Å². The van der Waals surface area contributed by atoms with Crippen LogP contribution >= 0.6 is 7.59 Å². The fourth-order valence-corrected chi connectivity index (χ4v) is 1.73. The van der Waals surface area contributed by atoms with Crippen molar-refractivity contribution in [3.05, 3.63) is 0 Å². The van der Waals surface area contributed by atoms with Crippen molar-refractivity contribution >= 4 is 7.59 Å². The average Bonchev–Trinajstić information content (AvgIpc) is 1.65. The van der Waals surface area contributed by atoms with E-state index in [0.29, 0.717) is 0 Å². The van der Waals surface area contributed by atoms with Gasteiger partial charge in [0.15, 0.2) is 0 Å². The van der Waals surface area contributed by atoms with Gasteiger partial charge in [-0.05, 0) is 6.42 Å². The molecule has 0 aromatic rings. The van der Waals surface area contributed by atoms with Crippen LogP contribution in [0.3, 0.4) is 0 Å². The van der Waals surface area contributed by atoms with E-state index < -0.39 is 7.59 Å². The van der Waals surface area contributed by atoms with Gasteiger partial charge in [-0.1, -0.05) is 0 Å². The molecule has 4 nitrogen and oxygen atoms in total. The first-order valence-electron chi connectivity index (χ1n) is 2.60. The van der Waals surface area contributed by atoms with E-state index in [2.05, 4.69) is 10.2 Å². The topological polar surface area (TPSA) is 67.2 Å². The van der Waals surface area contributed by atoms with Crippen molar-refractivity contribution in [2.24, 2.45) is 5.50 Å². The minimum atomic E-state index is -2.59. The Hall–Kier alpha value is 0.110. The molecule has 4 N–H and O–H groups in total. The number of nitrogens with two attached hydrogens (primary N) is 1. The highest BCUT2D eigenvalue weighted by atomic mass is 31.2. The van der Waals surface area contributed by atoms with Crippen molar-refractivity contribution in [1.82, 2.24) is 10.2 Å². The first kappa shape index (κ1) is 6.23. The van der Waals surface area contributed by atoms with Crippen LogP contribution in [0.2, 0.25) is 0 Å². The summed E-state index contributed by atoms with van der Waals surface area (Å²) in [5.74, 6) is 0. The minimum Gasteiger partial charge on any atom is -0.271 e. The van der Waals surface area contributed by atoms with E-state index in [-0.39, 0.29) is 0 Å². The number of nitrogens with one attached hydrogen (secondary N) is 2. The summed E-state index contributed by atoms with van der Waals surface area (Å²) in [6.45, 7) is 1.53. The SMILES string of the molecule is NP1(=O)NCCCN1. The van der Waals surface area contributed by atoms with Crippen LogP contribution in [0, 0.1) is 0 Å². The molecule has 0 aromatic heterocycles. The second-order valence-electron chi connectivity index (χ2n) is 1.83. The Bertz CT molecular complexity index is 116. The largest absolute Gasteiger partial charge is 0.276 e. The van der Waals surface area contributed by atoms with Crippen molar-refractivity contribution in [3.8, 4) is 0 Å². The smallest absolute Gasteiger partial charge is 0.271 e. The van der Waals surface area contributed by atoms with Gasteiger partial charge < -0.3 is 0 Å². The molecule has 0 aromatic carbocycles. The third-order valence-electron chi connectivity index (χ3n) is 1.05. The van der Waals surface area contributed by atoms with Crippen LogP contribution in [0.5, 0.6) is 0 Å². The van der Waals surface area contributed by atoms with Gasteiger partial charge in [-0.25, -0.2) is 10.2 Å². The highest BCUT2D eigenvalue weighted by Gasteiger charge is 2.16. The molecule has 1 aliphatic rings. The third kappa shape index (κ3) is 1.56. The zero-order valence-electron chi connectivity index (χ0n) is 4.55. The molecule has 48 valence electrons. The summed E-state index contributed by atoms with van der Waals surface area (Å²) in [6.07, 6.45) is 1.00. The van der Waals surface area contributed by atoms with E-state index in [0.717, 1.165) is 19.5 Å². The quantitative estimate of drug-likeness (QED) is 0.397. The van der Waals surface area contributed by atoms with Crippen LogP contribution in [-0.4, -0.2) is 13.1 Å². The number of hydrogen-bond acceptors (Lipinski definition) is 1. The molecule has 0 bridgehead atoms. The predicted molar refractivity (Wildman–Crippen MR) is 32.4 cm³/mol. The fourth-order valence-electron chi connectivity index (χ4n) is 0.635. The van der Waals surface area contributed by atoms with E-state index >= 15 is 0 Å². The molecule has 0 saturated carbocycles. The molecule has 1 aliphatic heterocycles. The molecule has 0 amide bonds. The minimum absolute atomic E-state index is 0.765. The van der Waals surface area contributed by atoms with E-state index in [9.17, 15) is 4.57 Å². The normalized spacial score (nSPS) is 27.6. The summed E-state index contributed by atoms with van der Waals surface area (Å²) in [6, 6.07) is 0. The molecule has 1 fully saturated rings. The van der Waals surface area contributed by atoms with Gasteiger partial charge in [-0.3, -0.25) is 10.1 Å². The summed E-state index contributed by atoms with van der Waals surface area (Å²) in [7, 11) is -2.59. The maximum Gasteiger partial charge on any atom is 0.276 e. The van der Waals surface area contributed by atoms with Gasteiger partial charge >= 0.3 is 0 Å². The lowest BCUT2D eigenvalue weighted by Gasteiger charge is -2.20. The van der Waals surface area contributed by atoms with E-state index in [1.54, 1.807) is 0 Å². The van der Waals surface area contributed by atoms with Crippen LogP contribution in [0.25, 0.3) is 0 Å². The summed E-state index contributed by atoms with van der Waals surface area (Å²) in [5.41, 5.74) is 5.21. The van der Waals surface area contributed by atoms with Gasteiger partial charge in [0.1, 0.15) is 0 Å². The lowest BCUT2D eigenvalue weighted by Crippen LogP contribution is -2.35. The lowest BCUT2D eigenvalue weighted by molar-refractivity contribution is 0.537. The molecule has 8 heavy (non-hydrogen) atoms. The van der Waals surface area contributed by atoms with Crippen molar-refractivity contribution in [1.29, 1.82) is 0 Å². The molecule has 0 atom stereocenters. The molecule has 0 spiro atoms. The zero-order valence-corrected chi connectivity index (χ0v) is 5.45. The van der Waals surface area contributed by atoms with Crippen LogP contribution in [0.1, 0.15) is 6.42 Å².